The van der Waals surface area contributed by atoms with Crippen LogP contribution in [-0.2, 0) is 30.8 Å². The summed E-state index contributed by atoms with van der Waals surface area (Å²) in [6.07, 6.45) is 4.13. The van der Waals surface area contributed by atoms with Crippen molar-refractivity contribution in [1.29, 1.82) is 0 Å². The zero-order valence-electron chi connectivity index (χ0n) is 16.3. The number of ether oxygens (including phenoxy) is 1. The molecule has 0 bridgehead atoms. The summed E-state index contributed by atoms with van der Waals surface area (Å²) >= 11 is 0. The minimum Gasteiger partial charge on any atom is -0.467 e. The summed E-state index contributed by atoms with van der Waals surface area (Å²) in [5.41, 5.74) is 1.59. The lowest BCUT2D eigenvalue weighted by Crippen LogP contribution is -2.51. The maximum atomic E-state index is 13.0. The van der Waals surface area contributed by atoms with Crippen molar-refractivity contribution < 1.29 is 22.7 Å². The number of imidazole rings is 1. The van der Waals surface area contributed by atoms with E-state index in [0.29, 0.717) is 18.5 Å². The summed E-state index contributed by atoms with van der Waals surface area (Å²) in [4.78, 5) is 31.9. The Labute approximate surface area is 169 Å². The molecule has 3 rings (SSSR count). The highest BCUT2D eigenvalue weighted by molar-refractivity contribution is 7.89. The van der Waals surface area contributed by atoms with Crippen molar-refractivity contribution in [3.63, 3.8) is 0 Å². The number of benzene rings is 1. The predicted molar refractivity (Wildman–Crippen MR) is 104 cm³/mol. The Morgan fingerprint density at radius 3 is 2.69 bits per heavy atom. The molecule has 1 aliphatic rings. The van der Waals surface area contributed by atoms with Gasteiger partial charge in [-0.3, -0.25) is 4.79 Å². The summed E-state index contributed by atoms with van der Waals surface area (Å²) < 4.78 is 32.1. The molecule has 1 aromatic heterocycles. The number of aromatic nitrogens is 2. The molecule has 0 radical (unpaired) electrons. The van der Waals surface area contributed by atoms with Crippen LogP contribution in [0.15, 0.2) is 41.7 Å². The molecule has 2 heterocycles. The van der Waals surface area contributed by atoms with Gasteiger partial charge in [0.05, 0.1) is 18.3 Å². The van der Waals surface area contributed by atoms with E-state index in [1.807, 2.05) is 6.92 Å². The minimum atomic E-state index is -3.82. The van der Waals surface area contributed by atoms with Gasteiger partial charge in [0.2, 0.25) is 15.9 Å². The Balaban J connectivity index is 1.77. The van der Waals surface area contributed by atoms with Crippen LogP contribution in [0.3, 0.4) is 0 Å². The van der Waals surface area contributed by atoms with E-state index in [2.05, 4.69) is 15.3 Å². The zero-order valence-corrected chi connectivity index (χ0v) is 17.1. The maximum Gasteiger partial charge on any atom is 0.328 e. The van der Waals surface area contributed by atoms with Crippen LogP contribution < -0.4 is 5.32 Å². The number of methoxy groups -OCH3 is 1. The van der Waals surface area contributed by atoms with Crippen LogP contribution >= 0.6 is 0 Å². The lowest BCUT2D eigenvalue weighted by atomic mass is 10.1. The number of amides is 1. The standard InChI is InChI=1S/C19H24N4O5S/c1-13-5-7-15(8-6-13)29(26,27)23-9-3-4-17(23)18(24)22-16(19(25)28-2)10-14-11-20-12-21-14/h5-8,11-12,16-17H,3-4,9-10H2,1-2H3,(H,20,21)(H,22,24)/t16-,17?/m0/s1. The largest absolute Gasteiger partial charge is 0.467 e. The van der Waals surface area contributed by atoms with Gasteiger partial charge < -0.3 is 15.0 Å². The molecular formula is C19H24N4O5S. The van der Waals surface area contributed by atoms with Crippen LogP contribution in [0.5, 0.6) is 0 Å². The number of aryl methyl sites for hydroxylation is 1. The summed E-state index contributed by atoms with van der Waals surface area (Å²) in [6, 6.07) is 4.68. The van der Waals surface area contributed by atoms with Gasteiger partial charge in [-0.15, -0.1) is 0 Å². The highest BCUT2D eigenvalue weighted by Gasteiger charge is 2.40. The average Bonchev–Trinajstić information content (AvgIpc) is 3.39. The fraction of sp³-hybridized carbons (Fsp3) is 0.421. The fourth-order valence-electron chi connectivity index (χ4n) is 3.36. The highest BCUT2D eigenvalue weighted by Crippen LogP contribution is 2.26. The molecule has 2 aromatic rings. The number of carbonyl (C=O) groups is 2. The third kappa shape index (κ3) is 4.65. The molecule has 29 heavy (non-hydrogen) atoms. The Morgan fingerprint density at radius 2 is 2.07 bits per heavy atom. The first-order chi connectivity index (χ1) is 13.8. The molecule has 1 unspecified atom stereocenters. The average molecular weight is 420 g/mol. The van der Waals surface area contributed by atoms with Crippen LogP contribution in [0.4, 0.5) is 0 Å². The van der Waals surface area contributed by atoms with Crippen molar-refractivity contribution in [1.82, 2.24) is 19.6 Å². The molecule has 9 nitrogen and oxygen atoms in total. The number of H-pyrrole nitrogens is 1. The molecular weight excluding hydrogens is 396 g/mol. The Kier molecular flexibility index (Phi) is 6.33. The number of hydrogen-bond donors (Lipinski definition) is 2. The van der Waals surface area contributed by atoms with E-state index in [9.17, 15) is 18.0 Å². The van der Waals surface area contributed by atoms with E-state index >= 15 is 0 Å². The van der Waals surface area contributed by atoms with Crippen LogP contribution in [0.25, 0.3) is 0 Å². The number of aromatic amines is 1. The number of nitrogens with zero attached hydrogens (tertiary/aromatic N) is 2. The Morgan fingerprint density at radius 1 is 1.34 bits per heavy atom. The van der Waals surface area contributed by atoms with E-state index in [-0.39, 0.29) is 17.9 Å². The normalized spacial score (nSPS) is 18.3. The number of hydrogen-bond acceptors (Lipinski definition) is 6. The Bertz CT molecular complexity index is 957. The van der Waals surface area contributed by atoms with Gasteiger partial charge in [0.25, 0.3) is 0 Å². The van der Waals surface area contributed by atoms with Gasteiger partial charge in [0, 0.05) is 24.9 Å². The van der Waals surface area contributed by atoms with Crippen molar-refractivity contribution in [2.45, 2.75) is 43.2 Å². The Hall–Kier alpha value is -2.72. The van der Waals surface area contributed by atoms with Gasteiger partial charge in [-0.25, -0.2) is 18.2 Å². The second-order valence-electron chi connectivity index (χ2n) is 6.95. The van der Waals surface area contributed by atoms with E-state index in [1.165, 1.54) is 29.9 Å². The number of rotatable bonds is 7. The first-order valence-corrected chi connectivity index (χ1v) is 10.7. The van der Waals surface area contributed by atoms with Gasteiger partial charge >= 0.3 is 5.97 Å². The molecule has 0 saturated carbocycles. The van der Waals surface area contributed by atoms with Crippen molar-refractivity contribution in [3.8, 4) is 0 Å². The second kappa shape index (κ2) is 8.75. The third-order valence-corrected chi connectivity index (χ3v) is 6.84. The number of carbonyl (C=O) groups excluding carboxylic acids is 2. The zero-order chi connectivity index (χ0) is 21.0. The maximum absolute atomic E-state index is 13.0. The number of nitrogens with one attached hydrogen (secondary N) is 2. The smallest absolute Gasteiger partial charge is 0.328 e. The highest BCUT2D eigenvalue weighted by atomic mass is 32.2. The molecule has 1 amide bonds. The summed E-state index contributed by atoms with van der Waals surface area (Å²) in [7, 11) is -2.59. The van der Waals surface area contributed by atoms with Gasteiger partial charge in [-0.05, 0) is 31.9 Å². The SMILES string of the molecule is COC(=O)[C@H](Cc1cnc[nH]1)NC(=O)C1CCCN1S(=O)(=O)c1ccc(C)cc1. The number of esters is 1. The van der Waals surface area contributed by atoms with E-state index in [0.717, 1.165) is 5.56 Å². The molecule has 0 spiro atoms. The summed E-state index contributed by atoms with van der Waals surface area (Å²) in [6.45, 7) is 2.12. The molecule has 156 valence electrons. The van der Waals surface area contributed by atoms with Gasteiger partial charge in [-0.1, -0.05) is 17.7 Å². The molecule has 0 aliphatic carbocycles. The van der Waals surface area contributed by atoms with Crippen LogP contribution in [0, 0.1) is 6.92 Å². The summed E-state index contributed by atoms with van der Waals surface area (Å²) in [5, 5.41) is 2.64. The van der Waals surface area contributed by atoms with Gasteiger partial charge in [-0.2, -0.15) is 4.31 Å². The van der Waals surface area contributed by atoms with Crippen LogP contribution in [0.2, 0.25) is 0 Å². The van der Waals surface area contributed by atoms with E-state index < -0.39 is 34.0 Å². The van der Waals surface area contributed by atoms with Gasteiger partial charge in [0.15, 0.2) is 0 Å². The van der Waals surface area contributed by atoms with E-state index in [1.54, 1.807) is 18.3 Å². The minimum absolute atomic E-state index is 0.143. The monoisotopic (exact) mass is 420 g/mol. The van der Waals surface area contributed by atoms with Crippen molar-refractivity contribution in [2.24, 2.45) is 0 Å². The molecule has 2 atom stereocenters. The van der Waals surface area contributed by atoms with Crippen molar-refractivity contribution in [2.75, 3.05) is 13.7 Å². The molecule has 1 fully saturated rings. The van der Waals surface area contributed by atoms with Crippen LogP contribution in [0.1, 0.15) is 24.1 Å². The quantitative estimate of drug-likeness (QED) is 0.638. The second-order valence-corrected chi connectivity index (χ2v) is 8.84. The molecule has 1 aromatic carbocycles. The fourth-order valence-corrected chi connectivity index (χ4v) is 5.01. The predicted octanol–water partition coefficient (Wildman–Crippen LogP) is 0.772. The van der Waals surface area contributed by atoms with E-state index in [4.69, 9.17) is 4.74 Å². The molecule has 1 saturated heterocycles. The first-order valence-electron chi connectivity index (χ1n) is 9.27. The van der Waals surface area contributed by atoms with Crippen molar-refractivity contribution in [3.05, 3.63) is 48.0 Å². The third-order valence-electron chi connectivity index (χ3n) is 4.91. The molecule has 2 N–H and O–H groups in total. The lowest BCUT2D eigenvalue weighted by molar-refractivity contribution is -0.145. The number of sulfonamides is 1. The first kappa shape index (κ1) is 21.0. The molecule has 10 heteroatoms. The van der Waals surface area contributed by atoms with Gasteiger partial charge in [0.1, 0.15) is 12.1 Å². The lowest BCUT2D eigenvalue weighted by Gasteiger charge is -2.25. The topological polar surface area (TPSA) is 121 Å². The van der Waals surface area contributed by atoms with Crippen molar-refractivity contribution >= 4 is 21.9 Å². The molecule has 1 aliphatic heterocycles. The summed E-state index contributed by atoms with van der Waals surface area (Å²) in [5.74, 6) is -1.13. The van der Waals surface area contributed by atoms with Crippen LogP contribution in [-0.4, -0.2) is 60.3 Å².